The lowest BCUT2D eigenvalue weighted by Crippen LogP contribution is -2.08. The van der Waals surface area contributed by atoms with Crippen LogP contribution >= 0.6 is 23.5 Å². The number of thioether (sulfide) groups is 2. The Balaban J connectivity index is 1.74. The molecule has 0 spiro atoms. The van der Waals surface area contributed by atoms with Crippen LogP contribution in [0.2, 0.25) is 0 Å². The van der Waals surface area contributed by atoms with E-state index in [1.165, 1.54) is 36.1 Å². The Bertz CT molecular complexity index is 1060. The first kappa shape index (κ1) is 22.8. The maximum absolute atomic E-state index is 10.2. The first-order valence-corrected chi connectivity index (χ1v) is 12.9. The molecule has 1 unspecified atom stereocenters. The van der Waals surface area contributed by atoms with Crippen LogP contribution in [0.25, 0.3) is 0 Å². The van der Waals surface area contributed by atoms with Crippen molar-refractivity contribution < 1.29 is 4.74 Å². The highest BCUT2D eigenvalue weighted by Crippen LogP contribution is 2.44. The highest BCUT2D eigenvalue weighted by Gasteiger charge is 2.32. The molecule has 166 valence electrons. The maximum Gasteiger partial charge on any atom is 0.119 e. The summed E-state index contributed by atoms with van der Waals surface area (Å²) in [5.41, 5.74) is 6.47. The molecule has 1 atom stereocenters. The van der Waals surface area contributed by atoms with Crippen LogP contribution in [0.4, 0.5) is 5.69 Å². The first-order valence-electron chi connectivity index (χ1n) is 11.1. The lowest BCUT2D eigenvalue weighted by Gasteiger charge is -2.14. The van der Waals surface area contributed by atoms with Crippen molar-refractivity contribution in [3.05, 3.63) is 68.8 Å². The summed E-state index contributed by atoms with van der Waals surface area (Å²) in [4.78, 5) is 5.19. The van der Waals surface area contributed by atoms with E-state index < -0.39 is 0 Å². The van der Waals surface area contributed by atoms with Crippen LogP contribution in [0.3, 0.4) is 0 Å². The van der Waals surface area contributed by atoms with E-state index in [9.17, 15) is 5.26 Å². The third-order valence-electron chi connectivity index (χ3n) is 6.11. The number of hydrogen-bond acceptors (Lipinski definition) is 6. The van der Waals surface area contributed by atoms with Gasteiger partial charge in [0.25, 0.3) is 0 Å². The molecular weight excluding hydrogens is 434 g/mol. The lowest BCUT2D eigenvalue weighted by atomic mass is 9.99. The van der Waals surface area contributed by atoms with Crippen molar-refractivity contribution in [1.82, 2.24) is 0 Å². The van der Waals surface area contributed by atoms with Gasteiger partial charge >= 0.3 is 0 Å². The van der Waals surface area contributed by atoms with E-state index in [1.807, 2.05) is 36.0 Å². The fraction of sp³-hybridized carbons (Fsp3) is 0.385. The van der Waals surface area contributed by atoms with Gasteiger partial charge in [0.1, 0.15) is 16.9 Å². The Morgan fingerprint density at radius 1 is 1.19 bits per heavy atom. The monoisotopic (exact) mass is 463 g/mol. The molecule has 0 radical (unpaired) electrons. The van der Waals surface area contributed by atoms with E-state index in [4.69, 9.17) is 9.73 Å². The molecule has 0 aromatic heterocycles. The summed E-state index contributed by atoms with van der Waals surface area (Å²) in [7, 11) is 1.66. The van der Waals surface area contributed by atoms with Gasteiger partial charge < -0.3 is 10.1 Å². The Labute approximate surface area is 199 Å². The Hall–Kier alpha value is -2.36. The second-order valence-electron chi connectivity index (χ2n) is 8.27. The molecule has 6 heteroatoms. The number of rotatable bonds is 5. The number of anilines is 1. The van der Waals surface area contributed by atoms with Crippen molar-refractivity contribution in [3.8, 4) is 11.8 Å². The van der Waals surface area contributed by atoms with Gasteiger partial charge in [-0.15, -0.1) is 11.8 Å². The molecule has 1 aliphatic carbocycles. The normalized spacial score (nSPS) is 24.1. The van der Waals surface area contributed by atoms with Crippen LogP contribution in [-0.2, 0) is 0 Å². The van der Waals surface area contributed by atoms with Gasteiger partial charge in [0.2, 0.25) is 0 Å². The number of ether oxygens (including phenoxy) is 1. The average molecular weight is 464 g/mol. The van der Waals surface area contributed by atoms with E-state index in [-0.39, 0.29) is 0 Å². The highest BCUT2D eigenvalue weighted by molar-refractivity contribution is 8.18. The Morgan fingerprint density at radius 2 is 1.97 bits per heavy atom. The molecule has 0 fully saturated rings. The maximum atomic E-state index is 10.2. The second kappa shape index (κ2) is 10.5. The molecule has 32 heavy (non-hydrogen) atoms. The van der Waals surface area contributed by atoms with Gasteiger partial charge in [-0.05, 0) is 81.2 Å². The summed E-state index contributed by atoms with van der Waals surface area (Å²) in [6.45, 7) is 4.38. The zero-order valence-corrected chi connectivity index (χ0v) is 20.5. The molecule has 1 aromatic rings. The first-order chi connectivity index (χ1) is 15.6. The topological polar surface area (TPSA) is 57.4 Å². The van der Waals surface area contributed by atoms with Crippen molar-refractivity contribution >= 4 is 34.3 Å². The summed E-state index contributed by atoms with van der Waals surface area (Å²) in [6.07, 6.45) is 9.03. The number of hydrogen-bond donors (Lipinski definition) is 1. The summed E-state index contributed by atoms with van der Waals surface area (Å²) in [5.74, 6) is 0.810. The number of nitrogens with zero attached hydrogens (tertiary/aromatic N) is 2. The summed E-state index contributed by atoms with van der Waals surface area (Å²) >= 11 is 3.42. The van der Waals surface area contributed by atoms with Crippen LogP contribution in [0.15, 0.2) is 73.8 Å². The molecule has 0 saturated heterocycles. The lowest BCUT2D eigenvalue weighted by molar-refractivity contribution is 0.415. The molecule has 0 saturated carbocycles. The smallest absolute Gasteiger partial charge is 0.119 e. The molecule has 2 heterocycles. The quantitative estimate of drug-likeness (QED) is 0.488. The minimum Gasteiger partial charge on any atom is -0.497 e. The van der Waals surface area contributed by atoms with Gasteiger partial charge in [0.05, 0.1) is 17.7 Å². The number of methoxy groups -OCH3 is 1. The zero-order chi connectivity index (χ0) is 22.5. The minimum absolute atomic E-state index is 0.365. The Morgan fingerprint density at radius 3 is 2.66 bits per heavy atom. The van der Waals surface area contributed by atoms with E-state index in [0.717, 1.165) is 46.3 Å². The van der Waals surface area contributed by atoms with Crippen LogP contribution in [0.1, 0.15) is 52.4 Å². The van der Waals surface area contributed by atoms with Crippen molar-refractivity contribution in [2.24, 2.45) is 4.99 Å². The predicted octanol–water partition coefficient (Wildman–Crippen LogP) is 7.56. The molecule has 4 nitrogen and oxygen atoms in total. The molecule has 1 N–H and O–H groups in total. The number of benzene rings is 1. The SMILES string of the molecule is COc1ccc(NC2=C(C#N)/C(=C(/C)C3CC=CS3)C(=NC3=C(C)CCCCC3)S2)cc1. The summed E-state index contributed by atoms with van der Waals surface area (Å²) in [5, 5.41) is 18.0. The average Bonchev–Trinajstić information content (AvgIpc) is 3.41. The van der Waals surface area contributed by atoms with Crippen LogP contribution in [0.5, 0.6) is 5.75 Å². The van der Waals surface area contributed by atoms with Crippen molar-refractivity contribution in [1.29, 1.82) is 5.26 Å². The van der Waals surface area contributed by atoms with E-state index >= 15 is 0 Å². The standard InChI is InChI=1S/C26H29N3OS2/c1-17-8-5-4-6-9-22(17)29-26-24(18(2)23-10-7-15-31-23)21(16-27)25(32-26)28-19-11-13-20(30-3)14-12-19/h7,11-15,23,28H,4-6,8-10H2,1-3H3/b24-18+,29-26?. The molecule has 0 amide bonds. The van der Waals surface area contributed by atoms with Crippen molar-refractivity contribution in [3.63, 3.8) is 0 Å². The van der Waals surface area contributed by atoms with Crippen molar-refractivity contribution in [2.75, 3.05) is 12.4 Å². The van der Waals surface area contributed by atoms with Crippen LogP contribution in [0, 0.1) is 11.3 Å². The van der Waals surface area contributed by atoms with Gasteiger partial charge in [0, 0.05) is 22.2 Å². The van der Waals surface area contributed by atoms with E-state index in [2.05, 4.69) is 36.7 Å². The molecule has 0 bridgehead atoms. The number of aliphatic imine (C=N–C) groups is 1. The predicted molar refractivity (Wildman–Crippen MR) is 138 cm³/mol. The van der Waals surface area contributed by atoms with Crippen LogP contribution < -0.4 is 10.1 Å². The fourth-order valence-electron chi connectivity index (χ4n) is 4.18. The van der Waals surface area contributed by atoms with E-state index in [0.29, 0.717) is 10.8 Å². The zero-order valence-electron chi connectivity index (χ0n) is 18.9. The van der Waals surface area contributed by atoms with E-state index in [1.54, 1.807) is 18.9 Å². The minimum atomic E-state index is 0.365. The van der Waals surface area contributed by atoms with Gasteiger partial charge in [-0.25, -0.2) is 4.99 Å². The third kappa shape index (κ3) is 5.00. The molecule has 4 rings (SSSR count). The highest BCUT2D eigenvalue weighted by atomic mass is 32.2. The fourth-order valence-corrected chi connectivity index (χ4v) is 6.27. The third-order valence-corrected chi connectivity index (χ3v) is 8.33. The van der Waals surface area contributed by atoms with Crippen molar-refractivity contribution in [2.45, 2.75) is 57.6 Å². The van der Waals surface area contributed by atoms with Gasteiger partial charge in [-0.1, -0.05) is 29.8 Å². The van der Waals surface area contributed by atoms with Crippen LogP contribution in [-0.4, -0.2) is 17.4 Å². The number of nitriles is 1. The summed E-state index contributed by atoms with van der Waals surface area (Å²) in [6, 6.07) is 10.3. The van der Waals surface area contributed by atoms with Gasteiger partial charge in [-0.2, -0.15) is 5.26 Å². The Kier molecular flexibility index (Phi) is 7.49. The molecule has 1 aromatic carbocycles. The molecular formula is C26H29N3OS2. The van der Waals surface area contributed by atoms with Gasteiger partial charge in [0.15, 0.2) is 0 Å². The number of nitrogens with one attached hydrogen (secondary N) is 1. The largest absolute Gasteiger partial charge is 0.497 e. The van der Waals surface area contributed by atoms with Gasteiger partial charge in [-0.3, -0.25) is 0 Å². The molecule has 3 aliphatic rings. The molecule has 2 aliphatic heterocycles. The number of allylic oxidation sites excluding steroid dienone is 4. The second-order valence-corrected chi connectivity index (χ2v) is 10.4. The summed E-state index contributed by atoms with van der Waals surface area (Å²) < 4.78 is 5.27.